The maximum absolute atomic E-state index is 4.91. The van der Waals surface area contributed by atoms with Crippen LogP contribution in [-0.4, -0.2) is 35.6 Å². The summed E-state index contributed by atoms with van der Waals surface area (Å²) in [6.45, 7) is 7.68. The third-order valence-corrected chi connectivity index (χ3v) is 5.68. The molecule has 1 aromatic heterocycles. The fourth-order valence-corrected chi connectivity index (χ4v) is 4.18. The molecule has 0 bridgehead atoms. The van der Waals surface area contributed by atoms with Gasteiger partial charge in [0.05, 0.1) is 0 Å². The van der Waals surface area contributed by atoms with Gasteiger partial charge in [-0.05, 0) is 51.2 Å². The van der Waals surface area contributed by atoms with E-state index in [9.17, 15) is 0 Å². The summed E-state index contributed by atoms with van der Waals surface area (Å²) in [7, 11) is 0. The first kappa shape index (κ1) is 16.4. The molecule has 132 valence electrons. The first-order valence-electron chi connectivity index (χ1n) is 9.62. The van der Waals surface area contributed by atoms with E-state index in [1.54, 1.807) is 0 Å². The van der Waals surface area contributed by atoms with E-state index in [0.717, 1.165) is 31.4 Å². The van der Waals surface area contributed by atoms with Gasteiger partial charge in [0.1, 0.15) is 5.82 Å². The predicted molar refractivity (Wildman–Crippen MR) is 103 cm³/mol. The maximum Gasteiger partial charge on any atom is 0.227 e. The predicted octanol–water partition coefficient (Wildman–Crippen LogP) is 4.16. The van der Waals surface area contributed by atoms with Crippen molar-refractivity contribution in [1.29, 1.82) is 0 Å². The van der Waals surface area contributed by atoms with Gasteiger partial charge in [-0.15, -0.1) is 0 Å². The summed E-state index contributed by atoms with van der Waals surface area (Å²) >= 11 is 0. The monoisotopic (exact) mass is 336 g/mol. The van der Waals surface area contributed by atoms with E-state index in [0.29, 0.717) is 12.0 Å². The van der Waals surface area contributed by atoms with Gasteiger partial charge in [0.25, 0.3) is 0 Å². The number of piperidine rings is 1. The van der Waals surface area contributed by atoms with Gasteiger partial charge >= 0.3 is 0 Å². The molecule has 0 amide bonds. The summed E-state index contributed by atoms with van der Waals surface area (Å²) in [5.74, 6) is 2.57. The van der Waals surface area contributed by atoms with Gasteiger partial charge in [-0.2, -0.15) is 4.98 Å². The quantitative estimate of drug-likeness (QED) is 0.842. The highest BCUT2D eigenvalue weighted by Crippen LogP contribution is 2.34. The zero-order valence-corrected chi connectivity index (χ0v) is 15.4. The number of benzene rings is 1. The topological polar surface area (TPSA) is 32.3 Å². The van der Waals surface area contributed by atoms with Crippen molar-refractivity contribution < 1.29 is 0 Å². The second-order valence-electron chi connectivity index (χ2n) is 7.61. The average Bonchev–Trinajstić information content (AvgIpc) is 3.05. The van der Waals surface area contributed by atoms with Gasteiger partial charge in [-0.1, -0.05) is 29.8 Å². The van der Waals surface area contributed by atoms with Gasteiger partial charge in [0.15, 0.2) is 0 Å². The Labute approximate surface area is 150 Å². The van der Waals surface area contributed by atoms with E-state index in [1.165, 1.54) is 36.8 Å². The number of hydrogen-bond acceptors (Lipinski definition) is 4. The second-order valence-corrected chi connectivity index (χ2v) is 7.61. The minimum absolute atomic E-state index is 0.510. The molecule has 2 aromatic rings. The molecule has 2 aliphatic rings. The number of aryl methyl sites for hydroxylation is 1. The Hall–Kier alpha value is -2.10. The summed E-state index contributed by atoms with van der Waals surface area (Å²) in [6.07, 6.45) is 6.95. The number of rotatable bonds is 3. The molecule has 4 nitrogen and oxygen atoms in total. The van der Waals surface area contributed by atoms with Crippen LogP contribution in [0.25, 0.3) is 0 Å². The van der Waals surface area contributed by atoms with E-state index in [4.69, 9.17) is 4.98 Å². The lowest BCUT2D eigenvalue weighted by Crippen LogP contribution is -2.32. The normalized spacial score (nSPS) is 23.9. The Morgan fingerprint density at radius 3 is 2.52 bits per heavy atom. The molecule has 2 unspecified atom stereocenters. The van der Waals surface area contributed by atoms with Gasteiger partial charge in [0.2, 0.25) is 5.95 Å². The van der Waals surface area contributed by atoms with Gasteiger partial charge in [0, 0.05) is 37.8 Å². The molecular formula is C21H28N4. The first-order chi connectivity index (χ1) is 12.2. The van der Waals surface area contributed by atoms with Crippen molar-refractivity contribution in [1.82, 2.24) is 9.97 Å². The molecule has 2 fully saturated rings. The number of aromatic nitrogens is 2. The lowest BCUT2D eigenvalue weighted by atomic mass is 9.96. The highest BCUT2D eigenvalue weighted by atomic mass is 15.3. The molecule has 2 atom stereocenters. The SMILES string of the molecule is Cc1ccc(C2CC(C)N(c3ccnc(N4CCCCC4)n3)C2)cc1. The van der Waals surface area contributed by atoms with Crippen LogP contribution in [0.3, 0.4) is 0 Å². The van der Waals surface area contributed by atoms with Gasteiger partial charge < -0.3 is 9.80 Å². The zero-order valence-electron chi connectivity index (χ0n) is 15.4. The molecule has 0 saturated carbocycles. The number of hydrogen-bond donors (Lipinski definition) is 0. The fourth-order valence-electron chi connectivity index (χ4n) is 4.18. The summed E-state index contributed by atoms with van der Waals surface area (Å²) in [5, 5.41) is 0. The molecule has 0 aliphatic carbocycles. The standard InChI is InChI=1S/C21H28N4/c1-16-6-8-18(9-7-16)19-14-17(2)25(15-19)20-10-11-22-21(23-20)24-12-4-3-5-13-24/h6-11,17,19H,3-5,12-15H2,1-2H3. The zero-order chi connectivity index (χ0) is 17.2. The molecule has 2 aliphatic heterocycles. The largest absolute Gasteiger partial charge is 0.353 e. The lowest BCUT2D eigenvalue weighted by molar-refractivity contribution is 0.567. The van der Waals surface area contributed by atoms with Crippen LogP contribution in [-0.2, 0) is 0 Å². The van der Waals surface area contributed by atoms with Crippen molar-refractivity contribution in [2.24, 2.45) is 0 Å². The second kappa shape index (κ2) is 7.03. The first-order valence-corrected chi connectivity index (χ1v) is 9.62. The maximum atomic E-state index is 4.91. The summed E-state index contributed by atoms with van der Waals surface area (Å²) in [5.41, 5.74) is 2.78. The molecule has 4 rings (SSSR count). The summed E-state index contributed by atoms with van der Waals surface area (Å²) in [6, 6.07) is 11.6. The van der Waals surface area contributed by atoms with Crippen LogP contribution < -0.4 is 9.80 Å². The Bertz CT molecular complexity index is 706. The van der Waals surface area contributed by atoms with Crippen LogP contribution in [0.5, 0.6) is 0 Å². The van der Waals surface area contributed by atoms with Crippen molar-refractivity contribution in [3.63, 3.8) is 0 Å². The van der Waals surface area contributed by atoms with Crippen LogP contribution in [0.1, 0.15) is 49.7 Å². The number of nitrogens with zero attached hydrogens (tertiary/aromatic N) is 4. The minimum atomic E-state index is 0.510. The molecule has 4 heteroatoms. The van der Waals surface area contributed by atoms with E-state index in [2.05, 4.69) is 59.0 Å². The summed E-state index contributed by atoms with van der Waals surface area (Å²) < 4.78 is 0. The molecule has 2 saturated heterocycles. The Balaban J connectivity index is 1.52. The smallest absolute Gasteiger partial charge is 0.227 e. The summed E-state index contributed by atoms with van der Waals surface area (Å²) in [4.78, 5) is 14.2. The molecule has 0 spiro atoms. The van der Waals surface area contributed by atoms with Crippen molar-refractivity contribution in [2.45, 2.75) is 51.5 Å². The van der Waals surface area contributed by atoms with Crippen molar-refractivity contribution >= 4 is 11.8 Å². The van der Waals surface area contributed by atoms with Crippen molar-refractivity contribution in [3.8, 4) is 0 Å². The van der Waals surface area contributed by atoms with Crippen LogP contribution in [0, 0.1) is 6.92 Å². The molecule has 0 radical (unpaired) electrons. The molecular weight excluding hydrogens is 308 g/mol. The van der Waals surface area contributed by atoms with E-state index in [-0.39, 0.29) is 0 Å². The highest BCUT2D eigenvalue weighted by Gasteiger charge is 2.31. The highest BCUT2D eigenvalue weighted by molar-refractivity contribution is 5.47. The van der Waals surface area contributed by atoms with E-state index < -0.39 is 0 Å². The van der Waals surface area contributed by atoms with E-state index in [1.807, 2.05) is 6.20 Å². The van der Waals surface area contributed by atoms with Gasteiger partial charge in [-0.3, -0.25) is 0 Å². The molecule has 1 aromatic carbocycles. The number of anilines is 2. The minimum Gasteiger partial charge on any atom is -0.353 e. The molecule has 25 heavy (non-hydrogen) atoms. The molecule has 3 heterocycles. The van der Waals surface area contributed by atoms with Crippen molar-refractivity contribution in [3.05, 3.63) is 47.7 Å². The fraction of sp³-hybridized carbons (Fsp3) is 0.524. The Kier molecular flexibility index (Phi) is 4.60. The van der Waals surface area contributed by atoms with Crippen LogP contribution >= 0.6 is 0 Å². The third kappa shape index (κ3) is 3.48. The average molecular weight is 336 g/mol. The van der Waals surface area contributed by atoms with Crippen LogP contribution in [0.2, 0.25) is 0 Å². The Morgan fingerprint density at radius 1 is 1.00 bits per heavy atom. The van der Waals surface area contributed by atoms with Crippen LogP contribution in [0.15, 0.2) is 36.5 Å². The van der Waals surface area contributed by atoms with Crippen molar-refractivity contribution in [2.75, 3.05) is 29.4 Å². The Morgan fingerprint density at radius 2 is 1.76 bits per heavy atom. The lowest BCUT2D eigenvalue weighted by Gasteiger charge is -2.28. The molecule has 0 N–H and O–H groups in total. The van der Waals surface area contributed by atoms with Crippen LogP contribution in [0.4, 0.5) is 11.8 Å². The van der Waals surface area contributed by atoms with E-state index >= 15 is 0 Å². The van der Waals surface area contributed by atoms with Gasteiger partial charge in [-0.25, -0.2) is 4.98 Å². The third-order valence-electron chi connectivity index (χ3n) is 5.68.